The molecule has 2 aromatic carbocycles. The third kappa shape index (κ3) is 3.81. The summed E-state index contributed by atoms with van der Waals surface area (Å²) in [6.45, 7) is 1.68. The zero-order chi connectivity index (χ0) is 13.5. The van der Waals surface area contributed by atoms with Crippen LogP contribution in [0.1, 0.15) is 17.0 Å². The lowest BCUT2D eigenvalue weighted by molar-refractivity contribution is 0.305. The van der Waals surface area contributed by atoms with Gasteiger partial charge in [0.25, 0.3) is 0 Å². The molecule has 0 saturated carbocycles. The molecule has 0 bridgehead atoms. The molecule has 3 heteroatoms. The smallest absolute Gasteiger partial charge is 0.120 e. The molecule has 0 aliphatic carbocycles. The van der Waals surface area contributed by atoms with Gasteiger partial charge in [-0.05, 0) is 23.3 Å². The van der Waals surface area contributed by atoms with Gasteiger partial charge in [0.15, 0.2) is 0 Å². The molecule has 0 aliphatic rings. The fraction of sp³-hybridized carbons (Fsp3) is 0.250. The average molecular weight is 256 g/mol. The predicted octanol–water partition coefficient (Wildman–Crippen LogP) is 2.27. The molecule has 0 heterocycles. The van der Waals surface area contributed by atoms with Crippen molar-refractivity contribution < 1.29 is 4.74 Å². The normalized spacial score (nSPS) is 10.7. The van der Waals surface area contributed by atoms with E-state index < -0.39 is 0 Å². The highest BCUT2D eigenvalue weighted by Crippen LogP contribution is 2.20. The molecule has 0 atom stereocenters. The molecule has 0 saturated heterocycles. The van der Waals surface area contributed by atoms with Crippen molar-refractivity contribution >= 4 is 0 Å². The van der Waals surface area contributed by atoms with Crippen molar-refractivity contribution in [2.24, 2.45) is 11.5 Å². The van der Waals surface area contributed by atoms with Gasteiger partial charge in [0, 0.05) is 19.0 Å². The Morgan fingerprint density at radius 3 is 2.32 bits per heavy atom. The van der Waals surface area contributed by atoms with Crippen molar-refractivity contribution in [3.63, 3.8) is 0 Å². The van der Waals surface area contributed by atoms with Crippen molar-refractivity contribution in [2.45, 2.75) is 12.5 Å². The molecule has 2 aromatic rings. The van der Waals surface area contributed by atoms with Crippen LogP contribution in [0.4, 0.5) is 0 Å². The minimum absolute atomic E-state index is 0.195. The molecule has 4 N–H and O–H groups in total. The quantitative estimate of drug-likeness (QED) is 0.833. The van der Waals surface area contributed by atoms with Crippen LogP contribution in [0.3, 0.4) is 0 Å². The van der Waals surface area contributed by atoms with Gasteiger partial charge in [-0.2, -0.15) is 0 Å². The Hall–Kier alpha value is -1.84. The van der Waals surface area contributed by atoms with Crippen LogP contribution >= 0.6 is 0 Å². The van der Waals surface area contributed by atoms with Gasteiger partial charge >= 0.3 is 0 Å². The fourth-order valence-electron chi connectivity index (χ4n) is 1.97. The van der Waals surface area contributed by atoms with Gasteiger partial charge in [0.2, 0.25) is 0 Å². The predicted molar refractivity (Wildman–Crippen MR) is 78.1 cm³/mol. The zero-order valence-corrected chi connectivity index (χ0v) is 11.0. The molecule has 0 fully saturated rings. The lowest BCUT2D eigenvalue weighted by Gasteiger charge is -2.14. The molecule has 100 valence electrons. The highest BCUT2D eigenvalue weighted by molar-refractivity contribution is 5.31. The van der Waals surface area contributed by atoms with Crippen LogP contribution in [-0.2, 0) is 6.61 Å². The maximum Gasteiger partial charge on any atom is 0.120 e. The summed E-state index contributed by atoms with van der Waals surface area (Å²) in [7, 11) is 0. The van der Waals surface area contributed by atoms with E-state index in [9.17, 15) is 0 Å². The lowest BCUT2D eigenvalue weighted by Crippen LogP contribution is -2.21. The number of nitrogens with two attached hydrogens (primary N) is 2. The van der Waals surface area contributed by atoms with Gasteiger partial charge in [-0.15, -0.1) is 0 Å². The first-order chi connectivity index (χ1) is 9.33. The molecular formula is C16H20N2O. The van der Waals surface area contributed by atoms with Crippen molar-refractivity contribution in [1.29, 1.82) is 0 Å². The van der Waals surface area contributed by atoms with E-state index >= 15 is 0 Å². The van der Waals surface area contributed by atoms with Crippen molar-refractivity contribution in [3.8, 4) is 5.75 Å². The minimum atomic E-state index is 0.195. The first kappa shape index (κ1) is 13.6. The van der Waals surface area contributed by atoms with E-state index in [-0.39, 0.29) is 5.92 Å². The Morgan fingerprint density at radius 2 is 1.63 bits per heavy atom. The molecule has 0 radical (unpaired) electrons. The van der Waals surface area contributed by atoms with E-state index in [0.717, 1.165) is 16.9 Å². The Kier molecular flexibility index (Phi) is 4.95. The van der Waals surface area contributed by atoms with Crippen LogP contribution < -0.4 is 16.2 Å². The number of ether oxygens (including phenoxy) is 1. The summed E-state index contributed by atoms with van der Waals surface area (Å²) in [5, 5.41) is 0. The maximum atomic E-state index is 5.79. The summed E-state index contributed by atoms with van der Waals surface area (Å²) in [5.74, 6) is 1.05. The first-order valence-electron chi connectivity index (χ1n) is 6.50. The van der Waals surface area contributed by atoms with Crippen LogP contribution in [0.5, 0.6) is 5.75 Å². The Morgan fingerprint density at radius 1 is 0.895 bits per heavy atom. The molecule has 0 spiro atoms. The van der Waals surface area contributed by atoms with Gasteiger partial charge in [0.1, 0.15) is 12.4 Å². The second-order valence-electron chi connectivity index (χ2n) is 4.52. The summed E-state index contributed by atoms with van der Waals surface area (Å²) in [5.41, 5.74) is 13.7. The standard InChI is InChI=1S/C16H20N2O/c17-10-15(11-18)14-7-4-8-16(9-14)19-12-13-5-2-1-3-6-13/h1-9,15H,10-12,17-18H2. The molecule has 2 rings (SSSR count). The number of hydrogen-bond acceptors (Lipinski definition) is 3. The van der Waals surface area contributed by atoms with Crippen LogP contribution in [0, 0.1) is 0 Å². The minimum Gasteiger partial charge on any atom is -0.489 e. The van der Waals surface area contributed by atoms with E-state index in [4.69, 9.17) is 16.2 Å². The van der Waals surface area contributed by atoms with Gasteiger partial charge in [-0.3, -0.25) is 0 Å². The Labute approximate surface area is 114 Å². The Bertz CT molecular complexity index is 495. The maximum absolute atomic E-state index is 5.79. The molecular weight excluding hydrogens is 236 g/mol. The van der Waals surface area contributed by atoms with Crippen LogP contribution in [0.25, 0.3) is 0 Å². The SMILES string of the molecule is NCC(CN)c1cccc(OCc2ccccc2)c1. The van der Waals surface area contributed by atoms with Crippen molar-refractivity contribution in [2.75, 3.05) is 13.1 Å². The number of hydrogen-bond donors (Lipinski definition) is 2. The van der Waals surface area contributed by atoms with E-state index in [1.54, 1.807) is 0 Å². The summed E-state index contributed by atoms with van der Waals surface area (Å²) in [4.78, 5) is 0. The third-order valence-corrected chi connectivity index (χ3v) is 3.15. The van der Waals surface area contributed by atoms with Gasteiger partial charge in [-0.1, -0.05) is 42.5 Å². The lowest BCUT2D eigenvalue weighted by atomic mass is 9.99. The summed E-state index contributed by atoms with van der Waals surface area (Å²) in [6.07, 6.45) is 0. The third-order valence-electron chi connectivity index (χ3n) is 3.15. The topological polar surface area (TPSA) is 61.3 Å². The van der Waals surface area contributed by atoms with Gasteiger partial charge < -0.3 is 16.2 Å². The summed E-state index contributed by atoms with van der Waals surface area (Å²) in [6, 6.07) is 18.1. The van der Waals surface area contributed by atoms with Gasteiger partial charge in [-0.25, -0.2) is 0 Å². The first-order valence-corrected chi connectivity index (χ1v) is 6.50. The molecule has 0 aliphatic heterocycles. The van der Waals surface area contributed by atoms with E-state index in [1.165, 1.54) is 0 Å². The second kappa shape index (κ2) is 6.92. The molecule has 0 aromatic heterocycles. The average Bonchev–Trinajstić information content (AvgIpc) is 2.48. The van der Waals surface area contributed by atoms with Crippen molar-refractivity contribution in [3.05, 3.63) is 65.7 Å². The highest BCUT2D eigenvalue weighted by atomic mass is 16.5. The molecule has 0 amide bonds. The van der Waals surface area contributed by atoms with E-state index in [2.05, 4.69) is 0 Å². The summed E-state index contributed by atoms with van der Waals surface area (Å²) < 4.78 is 5.79. The Balaban J connectivity index is 2.03. The second-order valence-corrected chi connectivity index (χ2v) is 4.52. The zero-order valence-electron chi connectivity index (χ0n) is 11.0. The van der Waals surface area contributed by atoms with Crippen LogP contribution in [0.2, 0.25) is 0 Å². The number of benzene rings is 2. The van der Waals surface area contributed by atoms with Crippen LogP contribution in [0.15, 0.2) is 54.6 Å². The number of rotatable bonds is 6. The van der Waals surface area contributed by atoms with E-state index in [1.807, 2.05) is 54.6 Å². The van der Waals surface area contributed by atoms with Crippen molar-refractivity contribution in [1.82, 2.24) is 0 Å². The highest BCUT2D eigenvalue weighted by Gasteiger charge is 2.08. The largest absolute Gasteiger partial charge is 0.489 e. The van der Waals surface area contributed by atoms with E-state index in [0.29, 0.717) is 19.7 Å². The fourth-order valence-corrected chi connectivity index (χ4v) is 1.97. The molecule has 0 unspecified atom stereocenters. The molecule has 3 nitrogen and oxygen atoms in total. The summed E-state index contributed by atoms with van der Waals surface area (Å²) >= 11 is 0. The van der Waals surface area contributed by atoms with Crippen LogP contribution in [-0.4, -0.2) is 13.1 Å². The monoisotopic (exact) mass is 256 g/mol. The van der Waals surface area contributed by atoms with Gasteiger partial charge in [0.05, 0.1) is 0 Å². The molecule has 19 heavy (non-hydrogen) atoms.